The molecule has 0 aliphatic carbocycles. The Balaban J connectivity index is 2.40. The van der Waals surface area contributed by atoms with Crippen molar-refractivity contribution in [3.05, 3.63) is 0 Å². The van der Waals surface area contributed by atoms with Crippen LogP contribution in [0, 0.1) is 0 Å². The number of halogens is 1. The molecule has 3 nitrogen and oxygen atoms in total. The van der Waals surface area contributed by atoms with Gasteiger partial charge in [0.1, 0.15) is 0 Å². The van der Waals surface area contributed by atoms with Gasteiger partial charge >= 0.3 is 0 Å². The second-order valence-electron chi connectivity index (χ2n) is 4.33. The van der Waals surface area contributed by atoms with Gasteiger partial charge in [0.05, 0.1) is 4.83 Å². The minimum absolute atomic E-state index is 0.00287. The van der Waals surface area contributed by atoms with E-state index in [-0.39, 0.29) is 10.7 Å². The van der Waals surface area contributed by atoms with Crippen molar-refractivity contribution >= 4 is 21.8 Å². The topological polar surface area (TPSA) is 23.6 Å². The number of carbonyl (C=O) groups is 1. The fourth-order valence-electron chi connectivity index (χ4n) is 1.83. The van der Waals surface area contributed by atoms with Crippen LogP contribution in [-0.4, -0.2) is 52.8 Å². The molecular formula is C11H21BrN2O. The third-order valence-electron chi connectivity index (χ3n) is 2.98. The summed E-state index contributed by atoms with van der Waals surface area (Å²) in [7, 11) is 0. The lowest BCUT2D eigenvalue weighted by Crippen LogP contribution is -2.52. The summed E-state index contributed by atoms with van der Waals surface area (Å²) in [6.07, 6.45) is 0.864. The van der Waals surface area contributed by atoms with Gasteiger partial charge in [-0.05, 0) is 20.3 Å². The zero-order valence-corrected chi connectivity index (χ0v) is 11.5. The smallest absolute Gasteiger partial charge is 0.236 e. The quantitative estimate of drug-likeness (QED) is 0.733. The maximum Gasteiger partial charge on any atom is 0.236 e. The molecule has 1 unspecified atom stereocenters. The molecule has 1 aliphatic rings. The van der Waals surface area contributed by atoms with Crippen molar-refractivity contribution < 1.29 is 4.79 Å². The molecule has 88 valence electrons. The summed E-state index contributed by atoms with van der Waals surface area (Å²) in [5.41, 5.74) is 0. The van der Waals surface area contributed by atoms with Gasteiger partial charge in [0, 0.05) is 32.2 Å². The van der Waals surface area contributed by atoms with Crippen LogP contribution in [-0.2, 0) is 4.79 Å². The fourth-order valence-corrected chi connectivity index (χ4v) is 2.12. The highest BCUT2D eigenvalue weighted by atomic mass is 79.9. The first-order valence-electron chi connectivity index (χ1n) is 5.73. The Morgan fingerprint density at radius 3 is 2.20 bits per heavy atom. The van der Waals surface area contributed by atoms with E-state index in [2.05, 4.69) is 34.7 Å². The Morgan fingerprint density at radius 1 is 1.27 bits per heavy atom. The molecule has 0 spiro atoms. The van der Waals surface area contributed by atoms with Crippen LogP contribution in [0.25, 0.3) is 0 Å². The molecule has 0 aromatic heterocycles. The van der Waals surface area contributed by atoms with Crippen molar-refractivity contribution in [3.8, 4) is 0 Å². The summed E-state index contributed by atoms with van der Waals surface area (Å²) >= 11 is 3.42. The van der Waals surface area contributed by atoms with Crippen LogP contribution in [0.3, 0.4) is 0 Å². The van der Waals surface area contributed by atoms with Crippen molar-refractivity contribution in [2.45, 2.75) is 38.1 Å². The number of rotatable bonds is 3. The van der Waals surface area contributed by atoms with Crippen LogP contribution < -0.4 is 0 Å². The summed E-state index contributed by atoms with van der Waals surface area (Å²) in [6.45, 7) is 10.2. The summed E-state index contributed by atoms with van der Waals surface area (Å²) in [5, 5.41) is 0. The first-order valence-corrected chi connectivity index (χ1v) is 6.64. The monoisotopic (exact) mass is 276 g/mol. The highest BCUT2D eigenvalue weighted by molar-refractivity contribution is 9.10. The van der Waals surface area contributed by atoms with Gasteiger partial charge < -0.3 is 4.90 Å². The van der Waals surface area contributed by atoms with Crippen LogP contribution >= 0.6 is 15.9 Å². The molecule has 4 heteroatoms. The van der Waals surface area contributed by atoms with E-state index in [0.717, 1.165) is 32.6 Å². The molecule has 0 N–H and O–H groups in total. The molecule has 0 aromatic rings. The lowest BCUT2D eigenvalue weighted by molar-refractivity contribution is -0.132. The van der Waals surface area contributed by atoms with Gasteiger partial charge in [-0.25, -0.2) is 0 Å². The highest BCUT2D eigenvalue weighted by Crippen LogP contribution is 2.12. The Bertz CT molecular complexity index is 213. The van der Waals surface area contributed by atoms with Crippen LogP contribution in [0.1, 0.15) is 27.2 Å². The van der Waals surface area contributed by atoms with Gasteiger partial charge in [-0.3, -0.25) is 9.69 Å². The van der Waals surface area contributed by atoms with Crippen molar-refractivity contribution in [3.63, 3.8) is 0 Å². The van der Waals surface area contributed by atoms with Gasteiger partial charge in [-0.2, -0.15) is 0 Å². The molecule has 1 atom stereocenters. The molecule has 0 saturated carbocycles. The molecule has 1 rings (SSSR count). The second kappa shape index (κ2) is 5.85. The van der Waals surface area contributed by atoms with E-state index in [1.165, 1.54) is 0 Å². The molecule has 0 aromatic carbocycles. The van der Waals surface area contributed by atoms with Crippen LogP contribution in [0.2, 0.25) is 0 Å². The molecule has 15 heavy (non-hydrogen) atoms. The molecule has 1 amide bonds. The van der Waals surface area contributed by atoms with E-state index in [0.29, 0.717) is 6.04 Å². The van der Waals surface area contributed by atoms with Crippen molar-refractivity contribution in [1.29, 1.82) is 0 Å². The average Bonchev–Trinajstić information content (AvgIpc) is 2.27. The molecule has 0 bridgehead atoms. The van der Waals surface area contributed by atoms with Gasteiger partial charge in [0.2, 0.25) is 5.91 Å². The van der Waals surface area contributed by atoms with E-state index in [4.69, 9.17) is 0 Å². The predicted octanol–water partition coefficient (Wildman–Crippen LogP) is 1.71. The number of alkyl halides is 1. The van der Waals surface area contributed by atoms with Gasteiger partial charge in [0.15, 0.2) is 0 Å². The van der Waals surface area contributed by atoms with Crippen LogP contribution in [0.5, 0.6) is 0 Å². The SMILES string of the molecule is CCC(Br)C(=O)N1CCN(C(C)C)CC1. The van der Waals surface area contributed by atoms with Gasteiger partial charge in [-0.15, -0.1) is 0 Å². The number of hydrogen-bond acceptors (Lipinski definition) is 2. The zero-order chi connectivity index (χ0) is 11.4. The number of carbonyl (C=O) groups excluding carboxylic acids is 1. The Hall–Kier alpha value is -0.0900. The molecule has 1 aliphatic heterocycles. The maximum atomic E-state index is 11.9. The summed E-state index contributed by atoms with van der Waals surface area (Å²) in [4.78, 5) is 16.3. The molecular weight excluding hydrogens is 256 g/mol. The number of nitrogens with zero attached hydrogens (tertiary/aromatic N) is 2. The zero-order valence-electron chi connectivity index (χ0n) is 9.87. The average molecular weight is 277 g/mol. The maximum absolute atomic E-state index is 11.9. The Labute approximate surface area is 101 Å². The Morgan fingerprint density at radius 2 is 1.80 bits per heavy atom. The predicted molar refractivity (Wildman–Crippen MR) is 66.3 cm³/mol. The van der Waals surface area contributed by atoms with E-state index in [9.17, 15) is 4.79 Å². The van der Waals surface area contributed by atoms with Crippen molar-refractivity contribution in [2.24, 2.45) is 0 Å². The summed E-state index contributed by atoms with van der Waals surface area (Å²) in [6, 6.07) is 0.591. The molecule has 1 fully saturated rings. The molecule has 1 saturated heterocycles. The first-order chi connectivity index (χ1) is 7.06. The third-order valence-corrected chi connectivity index (χ3v) is 4.02. The van der Waals surface area contributed by atoms with Gasteiger partial charge in [-0.1, -0.05) is 22.9 Å². The molecule has 0 radical (unpaired) electrons. The van der Waals surface area contributed by atoms with Crippen molar-refractivity contribution in [2.75, 3.05) is 26.2 Å². The number of amides is 1. The number of hydrogen-bond donors (Lipinski definition) is 0. The Kier molecular flexibility index (Phi) is 5.06. The molecule has 1 heterocycles. The van der Waals surface area contributed by atoms with E-state index in [1.807, 2.05) is 11.8 Å². The second-order valence-corrected chi connectivity index (χ2v) is 5.44. The van der Waals surface area contributed by atoms with E-state index >= 15 is 0 Å². The number of piperazine rings is 1. The summed E-state index contributed by atoms with van der Waals surface area (Å²) in [5.74, 6) is 0.251. The standard InChI is InChI=1S/C11H21BrN2O/c1-4-10(12)11(15)14-7-5-13(6-8-14)9(2)3/h9-10H,4-8H2,1-3H3. The van der Waals surface area contributed by atoms with Crippen LogP contribution in [0.4, 0.5) is 0 Å². The third kappa shape index (κ3) is 3.45. The van der Waals surface area contributed by atoms with Gasteiger partial charge in [0.25, 0.3) is 0 Å². The van der Waals surface area contributed by atoms with Crippen LogP contribution in [0.15, 0.2) is 0 Å². The fraction of sp³-hybridized carbons (Fsp3) is 0.909. The largest absolute Gasteiger partial charge is 0.339 e. The van der Waals surface area contributed by atoms with E-state index in [1.54, 1.807) is 0 Å². The van der Waals surface area contributed by atoms with Crippen molar-refractivity contribution in [1.82, 2.24) is 9.80 Å². The first kappa shape index (κ1) is 13.0. The highest BCUT2D eigenvalue weighted by Gasteiger charge is 2.25. The lowest BCUT2D eigenvalue weighted by Gasteiger charge is -2.37. The summed E-state index contributed by atoms with van der Waals surface area (Å²) < 4.78 is 0. The van der Waals surface area contributed by atoms with E-state index < -0.39 is 0 Å². The lowest BCUT2D eigenvalue weighted by atomic mass is 10.2. The minimum atomic E-state index is 0.00287. The minimum Gasteiger partial charge on any atom is -0.339 e. The normalized spacial score (nSPS) is 20.7.